The second-order valence-corrected chi connectivity index (χ2v) is 15.1. The van der Waals surface area contributed by atoms with Gasteiger partial charge in [-0.3, -0.25) is 28.4 Å². The number of nitrogens with one attached hydrogen (secondary N) is 1. The van der Waals surface area contributed by atoms with Crippen molar-refractivity contribution in [3.05, 3.63) is 68.0 Å². The van der Waals surface area contributed by atoms with Crippen molar-refractivity contribution >= 4 is 44.2 Å². The second kappa shape index (κ2) is 34.0. The van der Waals surface area contributed by atoms with Crippen LogP contribution in [0.1, 0.15) is 98.4 Å². The molecule has 0 aromatic carbocycles. The largest absolute Gasteiger partial charge is 1.00 e. The number of hydrogen-bond acceptors (Lipinski definition) is 15. The van der Waals surface area contributed by atoms with E-state index in [1.807, 2.05) is 32.6 Å². The fourth-order valence-corrected chi connectivity index (χ4v) is 5.42. The van der Waals surface area contributed by atoms with Gasteiger partial charge in [-0.25, -0.2) is 46.5 Å². The van der Waals surface area contributed by atoms with Crippen LogP contribution in [0.4, 0.5) is 17.6 Å². The number of hydrogen-bond donors (Lipinski definition) is 1. The quantitative estimate of drug-likeness (QED) is 0.0655. The molecule has 359 valence electrons. The summed E-state index contributed by atoms with van der Waals surface area (Å²) in [4.78, 5) is 97.7. The molecule has 3 radical (unpaired) electrons. The Morgan fingerprint density at radius 1 is 0.754 bits per heavy atom. The average Bonchev–Trinajstić information content (AvgIpc) is 3.19. The van der Waals surface area contributed by atoms with Gasteiger partial charge in [0.25, 0.3) is 11.1 Å². The number of alkyl halides is 2. The van der Waals surface area contributed by atoms with Gasteiger partial charge in [-0.2, -0.15) is 0 Å². The number of nitrogens with zero attached hydrogens (tertiary/aromatic N) is 3. The van der Waals surface area contributed by atoms with Crippen LogP contribution >= 0.6 is 0 Å². The van der Waals surface area contributed by atoms with Crippen LogP contribution < -0.4 is 46.0 Å². The summed E-state index contributed by atoms with van der Waals surface area (Å²) in [6.45, 7) is 17.4. The Morgan fingerprint density at radius 2 is 1.14 bits per heavy atom. The Balaban J connectivity index is 0. The predicted octanol–water partition coefficient (Wildman–Crippen LogP) is 0.805. The predicted molar refractivity (Wildman–Crippen MR) is 225 cm³/mol. The number of likely N-dealkylation sites (tertiary alicyclic amines) is 1. The summed E-state index contributed by atoms with van der Waals surface area (Å²) >= 11 is 0. The number of esters is 2. The topological polar surface area (TPSA) is 208 Å². The van der Waals surface area contributed by atoms with E-state index in [0.717, 1.165) is 29.0 Å². The first-order chi connectivity index (χ1) is 30.0. The Morgan fingerprint density at radius 3 is 1.43 bits per heavy atom. The maximum absolute atomic E-state index is 14.1. The normalized spacial score (nSPS) is 13.8. The molecule has 4 heterocycles. The Kier molecular flexibility index (Phi) is 32.8. The minimum atomic E-state index is -0.979. The number of ether oxygens (including phenoxy) is 2. The molecule has 2 aromatic heterocycles. The molecule has 17 nitrogen and oxygen atoms in total. The summed E-state index contributed by atoms with van der Waals surface area (Å²) in [5.41, 5.74) is -0.754. The van der Waals surface area contributed by atoms with Crippen molar-refractivity contribution in [2.45, 2.75) is 112 Å². The monoisotopic (exact) mass is 939 g/mol. The Labute approximate surface area is 399 Å². The van der Waals surface area contributed by atoms with E-state index in [9.17, 15) is 55.9 Å². The summed E-state index contributed by atoms with van der Waals surface area (Å²) in [5.74, 6) is -4.46. The molecule has 2 atom stereocenters. The van der Waals surface area contributed by atoms with Gasteiger partial charge in [0.2, 0.25) is 5.97 Å². The van der Waals surface area contributed by atoms with E-state index in [4.69, 9.17) is 9.47 Å². The number of pyridine rings is 2. The maximum Gasteiger partial charge on any atom is 1.00 e. The summed E-state index contributed by atoms with van der Waals surface area (Å²) in [6.07, 6.45) is 3.37. The van der Waals surface area contributed by atoms with Crippen LogP contribution in [0, 0.1) is 23.5 Å². The molecule has 4 rings (SSSR count). The van der Waals surface area contributed by atoms with Crippen LogP contribution in [0.5, 0.6) is 0 Å². The molecule has 2 aliphatic heterocycles. The molecule has 0 bridgehead atoms. The Bertz CT molecular complexity index is 1900. The van der Waals surface area contributed by atoms with Crippen LogP contribution in [-0.2, 0) is 65.5 Å². The zero-order valence-electron chi connectivity index (χ0n) is 38.9. The van der Waals surface area contributed by atoms with Crippen LogP contribution in [0.3, 0.4) is 0 Å². The summed E-state index contributed by atoms with van der Waals surface area (Å²) in [5, 5.41) is 2.79. The molecule has 0 saturated carbocycles. The number of carbonyl (C=O) groups is 6. The summed E-state index contributed by atoms with van der Waals surface area (Å²) in [6, 6.07) is 0.480. The van der Waals surface area contributed by atoms with Crippen molar-refractivity contribution in [1.29, 1.82) is 0 Å². The molecule has 0 amide bonds. The minimum absolute atomic E-state index is 0. The third-order valence-electron chi connectivity index (χ3n) is 8.41. The van der Waals surface area contributed by atoms with Crippen LogP contribution in [-0.4, -0.2) is 116 Å². The SMILES string of the molecule is CC(=O)OOC(C)=O.CCOC(=O)C(CC(C)C)n1cc(CC=O)cc(F)c1=O.CCOC(=O)C(CC(C)C)n1cc(CCN2CC(F)C2)cc(F)c1=O.FC1CNC1.[B-]OC(C)=O.[Na+]. The van der Waals surface area contributed by atoms with Crippen molar-refractivity contribution in [2.24, 2.45) is 11.8 Å². The third-order valence-corrected chi connectivity index (χ3v) is 8.41. The fourth-order valence-electron chi connectivity index (χ4n) is 5.42. The number of carbonyl (C=O) groups excluding carboxylic acids is 6. The minimum Gasteiger partial charge on any atom is -0.793 e. The van der Waals surface area contributed by atoms with E-state index in [1.165, 1.54) is 25.4 Å². The molecule has 2 aliphatic rings. The molecule has 0 spiro atoms. The molecule has 2 saturated heterocycles. The number of aromatic nitrogens is 2. The van der Waals surface area contributed by atoms with E-state index in [-0.39, 0.29) is 61.0 Å². The van der Waals surface area contributed by atoms with E-state index >= 15 is 0 Å². The first-order valence-corrected chi connectivity index (χ1v) is 20.5. The smallest absolute Gasteiger partial charge is 0.793 e. The summed E-state index contributed by atoms with van der Waals surface area (Å²) in [7, 11) is 4.32. The fraction of sp³-hybridized carbons (Fsp3) is 0.619. The summed E-state index contributed by atoms with van der Waals surface area (Å²) < 4.78 is 68.0. The van der Waals surface area contributed by atoms with Crippen LogP contribution in [0.15, 0.2) is 34.1 Å². The van der Waals surface area contributed by atoms with Gasteiger partial charge < -0.3 is 32.3 Å². The van der Waals surface area contributed by atoms with Gasteiger partial charge in [0, 0.05) is 72.3 Å². The van der Waals surface area contributed by atoms with Crippen molar-refractivity contribution < 1.29 is 99.8 Å². The van der Waals surface area contributed by atoms with E-state index in [2.05, 4.69) is 27.8 Å². The standard InChI is InChI=1S/C18H26F2N2O3.C15H20FNO4.C4H6O4.C3H6FN.C2H3BO2.Na/c1-4-25-18(24)16(7-12(2)3)22-9-13(8-15(20)17(22)23)5-6-21-10-14(19)11-21;1-4-21-15(20)13(7-10(2)3)17-9-11(5-6-18)8-12(16)14(17)19;1-3(5)7-8-4(2)6;4-3-1-5-2-3;1-2(4)5-3;/h8-9,12,14,16H,4-7,10-11H2,1-3H3;6,8-10,13H,4-5,7H2,1-3H3;1-2H3;3,5H,1-2H2;1H3;/q;;;;-1;+1. The number of aldehydes is 1. The van der Waals surface area contributed by atoms with E-state index < -0.39 is 77.0 Å². The molecule has 2 unspecified atom stereocenters. The Hall–Kier alpha value is -4.38. The molecule has 2 aromatic rings. The van der Waals surface area contributed by atoms with Gasteiger partial charge in [0.1, 0.15) is 30.7 Å². The number of halogens is 4. The van der Waals surface area contributed by atoms with Gasteiger partial charge >= 0.3 is 53.4 Å². The van der Waals surface area contributed by atoms with Gasteiger partial charge in [0.05, 0.1) is 13.2 Å². The number of rotatable bonds is 15. The van der Waals surface area contributed by atoms with Gasteiger partial charge in [-0.1, -0.05) is 27.7 Å². The maximum atomic E-state index is 14.1. The van der Waals surface area contributed by atoms with Crippen molar-refractivity contribution in [3.8, 4) is 0 Å². The van der Waals surface area contributed by atoms with Crippen molar-refractivity contribution in [1.82, 2.24) is 19.4 Å². The molecule has 65 heavy (non-hydrogen) atoms. The van der Waals surface area contributed by atoms with Gasteiger partial charge in [-0.05, 0) is 68.2 Å². The third kappa shape index (κ3) is 26.4. The molecule has 2 fully saturated rings. The van der Waals surface area contributed by atoms with Crippen molar-refractivity contribution in [2.75, 3.05) is 45.9 Å². The zero-order chi connectivity index (χ0) is 49.1. The van der Waals surface area contributed by atoms with Crippen LogP contribution in [0.25, 0.3) is 0 Å². The first-order valence-electron chi connectivity index (χ1n) is 20.5. The average molecular weight is 940 g/mol. The van der Waals surface area contributed by atoms with Gasteiger partial charge in [0.15, 0.2) is 11.6 Å². The van der Waals surface area contributed by atoms with Gasteiger partial charge in [-0.15, -0.1) is 0 Å². The zero-order valence-corrected chi connectivity index (χ0v) is 40.9. The van der Waals surface area contributed by atoms with E-state index in [0.29, 0.717) is 69.4 Å². The second-order valence-electron chi connectivity index (χ2n) is 15.1. The molecular weight excluding hydrogens is 878 g/mol. The van der Waals surface area contributed by atoms with E-state index in [1.54, 1.807) is 13.8 Å². The molecule has 0 aliphatic carbocycles. The molecule has 23 heteroatoms. The molecular formula is C42H61BF4N4NaO13. The van der Waals surface area contributed by atoms with Crippen LogP contribution in [0.2, 0.25) is 0 Å². The first kappa shape index (κ1) is 62.7. The van der Waals surface area contributed by atoms with Crippen molar-refractivity contribution in [3.63, 3.8) is 0 Å². The molecule has 1 N–H and O–H groups in total.